The fourth-order valence-corrected chi connectivity index (χ4v) is 3.47. The molecule has 1 aromatic carbocycles. The van der Waals surface area contributed by atoms with Crippen molar-refractivity contribution in [2.45, 2.75) is 25.5 Å². The number of benzene rings is 1. The van der Waals surface area contributed by atoms with E-state index in [2.05, 4.69) is 26.3 Å². The fourth-order valence-electron chi connectivity index (χ4n) is 2.74. The number of H-pyrrole nitrogens is 1. The van der Waals surface area contributed by atoms with Crippen LogP contribution in [-0.4, -0.2) is 30.8 Å². The molecule has 3 rings (SSSR count). The highest BCUT2D eigenvalue weighted by Crippen LogP contribution is 2.32. The number of hydrogen-bond donors (Lipinski definition) is 2. The number of rotatable bonds is 6. The molecule has 0 bridgehead atoms. The summed E-state index contributed by atoms with van der Waals surface area (Å²) in [6.07, 6.45) is 3.52. The molecule has 2 N–H and O–H groups in total. The van der Waals surface area contributed by atoms with Crippen LogP contribution in [0, 0.1) is 13.8 Å². The first-order valence-electron chi connectivity index (χ1n) is 7.72. The number of nitrogens with zero attached hydrogens (tertiary/aromatic N) is 3. The summed E-state index contributed by atoms with van der Waals surface area (Å²) in [5.41, 5.74) is 2.93. The second-order valence-electron chi connectivity index (χ2n) is 5.53. The second kappa shape index (κ2) is 6.98. The average Bonchev–Trinajstić information content (AvgIpc) is 3.11. The van der Waals surface area contributed by atoms with Crippen LogP contribution in [0.2, 0.25) is 0 Å². The quantitative estimate of drug-likeness (QED) is 0.400. The highest BCUT2D eigenvalue weighted by molar-refractivity contribution is 8.04. The first kappa shape index (κ1) is 17.0. The van der Waals surface area contributed by atoms with E-state index in [1.807, 2.05) is 37.3 Å². The van der Waals surface area contributed by atoms with Gasteiger partial charge < -0.3 is 9.67 Å². The maximum Gasteiger partial charge on any atom is 0.342 e. The number of aromatic amines is 1. The summed E-state index contributed by atoms with van der Waals surface area (Å²) in [4.78, 5) is 16.1. The molecule has 0 amide bonds. The Hall–Kier alpha value is -2.80. The molecule has 2 heterocycles. The number of carboxylic acid groups (broad SMARTS) is 1. The molecule has 25 heavy (non-hydrogen) atoms. The van der Waals surface area contributed by atoms with E-state index in [1.165, 1.54) is 0 Å². The van der Waals surface area contributed by atoms with Crippen molar-refractivity contribution in [3.8, 4) is 0 Å². The number of allylic oxidation sites excluding steroid dienone is 1. The van der Waals surface area contributed by atoms with Crippen LogP contribution in [0.15, 0.2) is 47.0 Å². The SMILES string of the molecule is C=CCn1c(C)c(/C=C(\Sc2n[nH]c(C)n2)C(=O)O)c2ccccc21. The van der Waals surface area contributed by atoms with Gasteiger partial charge in [-0.3, -0.25) is 5.10 Å². The first-order valence-corrected chi connectivity index (χ1v) is 8.53. The molecule has 0 fully saturated rings. The molecule has 0 aliphatic rings. The van der Waals surface area contributed by atoms with Crippen LogP contribution in [0.4, 0.5) is 0 Å². The molecule has 0 aliphatic heterocycles. The van der Waals surface area contributed by atoms with Gasteiger partial charge >= 0.3 is 5.97 Å². The summed E-state index contributed by atoms with van der Waals surface area (Å²) in [5.74, 6) is -0.363. The molecular weight excluding hydrogens is 336 g/mol. The minimum absolute atomic E-state index is 0.170. The molecule has 0 radical (unpaired) electrons. The maximum atomic E-state index is 11.7. The molecule has 128 valence electrons. The zero-order chi connectivity index (χ0) is 18.0. The molecule has 0 spiro atoms. The van der Waals surface area contributed by atoms with Gasteiger partial charge in [0, 0.05) is 28.7 Å². The third-order valence-electron chi connectivity index (χ3n) is 3.86. The fraction of sp³-hybridized carbons (Fsp3) is 0.167. The van der Waals surface area contributed by atoms with Crippen LogP contribution >= 0.6 is 11.8 Å². The number of nitrogens with one attached hydrogen (secondary N) is 1. The van der Waals surface area contributed by atoms with E-state index in [1.54, 1.807) is 13.0 Å². The number of thioether (sulfide) groups is 1. The van der Waals surface area contributed by atoms with Crippen LogP contribution in [0.25, 0.3) is 17.0 Å². The zero-order valence-corrected chi connectivity index (χ0v) is 14.8. The van der Waals surface area contributed by atoms with Crippen molar-refractivity contribution in [1.29, 1.82) is 0 Å². The average molecular weight is 354 g/mol. The lowest BCUT2D eigenvalue weighted by Gasteiger charge is -2.04. The van der Waals surface area contributed by atoms with Gasteiger partial charge in [-0.25, -0.2) is 9.78 Å². The standard InChI is InChI=1S/C18H18N4O2S/c1-4-9-22-11(2)14(13-7-5-6-8-15(13)22)10-16(17(23)24)25-18-19-12(3)20-21-18/h4-8,10H,1,9H2,2-3H3,(H,23,24)(H,19,20,21)/b16-10-. The first-order chi connectivity index (χ1) is 12.0. The minimum Gasteiger partial charge on any atom is -0.477 e. The Kier molecular flexibility index (Phi) is 4.76. The van der Waals surface area contributed by atoms with Gasteiger partial charge in [-0.05, 0) is 37.8 Å². The van der Waals surface area contributed by atoms with Gasteiger partial charge in [-0.1, -0.05) is 24.3 Å². The van der Waals surface area contributed by atoms with Crippen molar-refractivity contribution in [1.82, 2.24) is 19.7 Å². The minimum atomic E-state index is -1.01. The van der Waals surface area contributed by atoms with Gasteiger partial charge in [0.05, 0.1) is 0 Å². The van der Waals surface area contributed by atoms with Gasteiger partial charge in [-0.15, -0.1) is 11.7 Å². The van der Waals surface area contributed by atoms with Gasteiger partial charge in [0.2, 0.25) is 5.16 Å². The van der Waals surface area contributed by atoms with Crippen LogP contribution in [0.5, 0.6) is 0 Å². The molecule has 7 heteroatoms. The van der Waals surface area contributed by atoms with Crippen molar-refractivity contribution in [3.05, 3.63) is 58.9 Å². The summed E-state index contributed by atoms with van der Waals surface area (Å²) in [6.45, 7) is 8.22. The molecule has 0 unspecified atom stereocenters. The Balaban J connectivity index is 2.12. The van der Waals surface area contributed by atoms with Crippen molar-refractivity contribution in [2.75, 3.05) is 0 Å². The molecule has 0 saturated heterocycles. The van der Waals surface area contributed by atoms with E-state index < -0.39 is 5.97 Å². The zero-order valence-electron chi connectivity index (χ0n) is 14.0. The van der Waals surface area contributed by atoms with Crippen molar-refractivity contribution in [3.63, 3.8) is 0 Å². The van der Waals surface area contributed by atoms with Crippen molar-refractivity contribution >= 4 is 34.7 Å². The second-order valence-corrected chi connectivity index (χ2v) is 6.54. The lowest BCUT2D eigenvalue weighted by molar-refractivity contribution is -0.131. The van der Waals surface area contributed by atoms with Crippen molar-refractivity contribution < 1.29 is 9.90 Å². The lowest BCUT2D eigenvalue weighted by Crippen LogP contribution is -1.99. The molecular formula is C18H18N4O2S. The Labute approximate surface area is 149 Å². The smallest absolute Gasteiger partial charge is 0.342 e. The van der Waals surface area contributed by atoms with Crippen LogP contribution < -0.4 is 0 Å². The van der Waals surface area contributed by atoms with E-state index in [9.17, 15) is 9.90 Å². The van der Waals surface area contributed by atoms with Crippen molar-refractivity contribution in [2.24, 2.45) is 0 Å². The molecule has 0 aliphatic carbocycles. The Morgan fingerprint density at radius 1 is 1.40 bits per heavy atom. The van der Waals surface area contributed by atoms with Crippen LogP contribution in [-0.2, 0) is 11.3 Å². The van der Waals surface area contributed by atoms with Gasteiger partial charge in [0.25, 0.3) is 0 Å². The molecule has 6 nitrogen and oxygen atoms in total. The largest absolute Gasteiger partial charge is 0.477 e. The van der Waals surface area contributed by atoms with E-state index in [0.29, 0.717) is 17.5 Å². The molecule has 2 aromatic heterocycles. The third-order valence-corrected chi connectivity index (χ3v) is 4.73. The number of hydrogen-bond acceptors (Lipinski definition) is 4. The highest BCUT2D eigenvalue weighted by atomic mass is 32.2. The number of carbonyl (C=O) groups is 1. The lowest BCUT2D eigenvalue weighted by atomic mass is 10.1. The number of aromatic nitrogens is 4. The predicted molar refractivity (Wildman–Crippen MR) is 99.5 cm³/mol. The summed E-state index contributed by atoms with van der Waals surface area (Å²) in [6, 6.07) is 7.94. The third kappa shape index (κ3) is 3.36. The van der Waals surface area contributed by atoms with E-state index in [-0.39, 0.29) is 4.91 Å². The number of para-hydroxylation sites is 1. The van der Waals surface area contributed by atoms with E-state index >= 15 is 0 Å². The molecule has 0 atom stereocenters. The predicted octanol–water partition coefficient (Wildman–Crippen LogP) is 3.78. The molecule has 0 saturated carbocycles. The normalized spacial score (nSPS) is 11.8. The number of carboxylic acids is 1. The Bertz CT molecular complexity index is 984. The summed E-state index contributed by atoms with van der Waals surface area (Å²) in [7, 11) is 0. The highest BCUT2D eigenvalue weighted by Gasteiger charge is 2.17. The van der Waals surface area contributed by atoms with Crippen LogP contribution in [0.3, 0.4) is 0 Å². The van der Waals surface area contributed by atoms with Gasteiger partial charge in [0.1, 0.15) is 10.7 Å². The van der Waals surface area contributed by atoms with Crippen LogP contribution in [0.1, 0.15) is 17.1 Å². The van der Waals surface area contributed by atoms with E-state index in [4.69, 9.17) is 0 Å². The number of aryl methyl sites for hydroxylation is 1. The van der Waals surface area contributed by atoms with Gasteiger partial charge in [-0.2, -0.15) is 0 Å². The summed E-state index contributed by atoms with van der Waals surface area (Å²) >= 11 is 1.03. The summed E-state index contributed by atoms with van der Waals surface area (Å²) < 4.78 is 2.12. The summed E-state index contributed by atoms with van der Waals surface area (Å²) in [5, 5.41) is 17.7. The maximum absolute atomic E-state index is 11.7. The number of aliphatic carboxylic acids is 1. The van der Waals surface area contributed by atoms with Gasteiger partial charge in [0.15, 0.2) is 0 Å². The Morgan fingerprint density at radius 3 is 2.80 bits per heavy atom. The van der Waals surface area contributed by atoms with E-state index in [0.717, 1.165) is 33.9 Å². The Morgan fingerprint density at radius 2 is 2.16 bits per heavy atom. The molecule has 3 aromatic rings. The monoisotopic (exact) mass is 354 g/mol. The topological polar surface area (TPSA) is 83.8 Å². The number of fused-ring (bicyclic) bond motifs is 1.